The number of nitrogens with one attached hydrogen (secondary N) is 1. The Morgan fingerprint density at radius 2 is 1.87 bits per heavy atom. The summed E-state index contributed by atoms with van der Waals surface area (Å²) in [6.07, 6.45) is 0. The maximum Gasteiger partial charge on any atom is 0.148 e. The van der Waals surface area contributed by atoms with Crippen LogP contribution >= 0.6 is 23.2 Å². The summed E-state index contributed by atoms with van der Waals surface area (Å²) < 4.78 is 0. The highest BCUT2D eigenvalue weighted by atomic mass is 35.5. The third kappa shape index (κ3) is 1.68. The molecule has 78 valence electrons. The van der Waals surface area contributed by atoms with Crippen molar-refractivity contribution in [3.8, 4) is 11.3 Å². The number of aromatic nitrogens is 2. The quantitative estimate of drug-likeness (QED) is 0.806. The van der Waals surface area contributed by atoms with Gasteiger partial charge in [0.1, 0.15) is 5.82 Å². The van der Waals surface area contributed by atoms with Crippen molar-refractivity contribution in [2.75, 3.05) is 5.73 Å². The van der Waals surface area contributed by atoms with Crippen LogP contribution in [0, 0.1) is 6.92 Å². The lowest BCUT2D eigenvalue weighted by Crippen LogP contribution is -1.87. The minimum Gasteiger partial charge on any atom is -0.382 e. The fraction of sp³-hybridized carbons (Fsp3) is 0.100. The van der Waals surface area contributed by atoms with Crippen LogP contribution in [0.5, 0.6) is 0 Å². The molecule has 5 heteroatoms. The largest absolute Gasteiger partial charge is 0.382 e. The first-order valence-electron chi connectivity index (χ1n) is 4.36. The number of rotatable bonds is 1. The number of hydrogen-bond acceptors (Lipinski definition) is 2. The number of nitrogens with zero attached hydrogens (tertiary/aromatic N) is 1. The van der Waals surface area contributed by atoms with E-state index in [1.807, 2.05) is 6.92 Å². The summed E-state index contributed by atoms with van der Waals surface area (Å²) in [5, 5.41) is 7.89. The van der Waals surface area contributed by atoms with Gasteiger partial charge in [-0.05, 0) is 19.1 Å². The summed E-state index contributed by atoms with van der Waals surface area (Å²) >= 11 is 12.1. The van der Waals surface area contributed by atoms with Crippen molar-refractivity contribution in [2.45, 2.75) is 6.92 Å². The molecule has 0 aliphatic rings. The number of nitrogens with two attached hydrogens (primary N) is 1. The number of H-pyrrole nitrogens is 1. The predicted octanol–water partition coefficient (Wildman–Crippen LogP) is 3.27. The predicted molar refractivity (Wildman–Crippen MR) is 63.2 cm³/mol. The Hall–Kier alpha value is -1.19. The van der Waals surface area contributed by atoms with Crippen molar-refractivity contribution in [3.63, 3.8) is 0 Å². The molecule has 2 aromatic rings. The van der Waals surface area contributed by atoms with E-state index in [1.165, 1.54) is 0 Å². The van der Waals surface area contributed by atoms with Gasteiger partial charge in [0.05, 0.1) is 15.7 Å². The summed E-state index contributed by atoms with van der Waals surface area (Å²) in [5.74, 6) is 0.459. The first-order valence-corrected chi connectivity index (χ1v) is 5.11. The van der Waals surface area contributed by atoms with Crippen LogP contribution in [-0.4, -0.2) is 10.2 Å². The molecule has 3 nitrogen and oxygen atoms in total. The van der Waals surface area contributed by atoms with Crippen LogP contribution in [0.15, 0.2) is 18.2 Å². The van der Waals surface area contributed by atoms with Gasteiger partial charge in [-0.15, -0.1) is 0 Å². The van der Waals surface area contributed by atoms with Crippen LogP contribution in [0.25, 0.3) is 11.3 Å². The van der Waals surface area contributed by atoms with Crippen molar-refractivity contribution in [3.05, 3.63) is 33.8 Å². The normalized spacial score (nSPS) is 10.6. The Kier molecular flexibility index (Phi) is 2.59. The summed E-state index contributed by atoms with van der Waals surface area (Å²) in [7, 11) is 0. The molecule has 0 spiro atoms. The molecule has 0 bridgehead atoms. The van der Waals surface area contributed by atoms with E-state index in [1.54, 1.807) is 18.2 Å². The van der Waals surface area contributed by atoms with E-state index in [0.717, 1.165) is 16.8 Å². The molecule has 1 aromatic heterocycles. The van der Waals surface area contributed by atoms with Crippen LogP contribution in [0.2, 0.25) is 10.0 Å². The standard InChI is InChI=1S/C10H9Cl2N3/c1-5-9(14-15-10(5)13)8-6(11)3-2-4-7(8)12/h2-4H,1H3,(H3,13,14,15). The minimum atomic E-state index is 0.459. The van der Waals surface area contributed by atoms with E-state index in [0.29, 0.717) is 15.9 Å². The molecule has 0 aliphatic carbocycles. The second-order valence-electron chi connectivity index (χ2n) is 3.21. The van der Waals surface area contributed by atoms with Crippen LogP contribution in [-0.2, 0) is 0 Å². The first-order chi connectivity index (χ1) is 7.11. The average Bonchev–Trinajstić information content (AvgIpc) is 2.49. The highest BCUT2D eigenvalue weighted by molar-refractivity contribution is 6.39. The number of hydrogen-bond donors (Lipinski definition) is 2. The van der Waals surface area contributed by atoms with Crippen LogP contribution < -0.4 is 5.73 Å². The van der Waals surface area contributed by atoms with Gasteiger partial charge in [-0.2, -0.15) is 5.10 Å². The molecule has 0 aliphatic heterocycles. The molecule has 0 unspecified atom stereocenters. The van der Waals surface area contributed by atoms with E-state index in [2.05, 4.69) is 10.2 Å². The zero-order valence-corrected chi connectivity index (χ0v) is 9.52. The molecule has 0 atom stereocenters. The Labute approximate surface area is 97.2 Å². The fourth-order valence-corrected chi connectivity index (χ4v) is 1.98. The van der Waals surface area contributed by atoms with Crippen LogP contribution in [0.3, 0.4) is 0 Å². The molecule has 0 radical (unpaired) electrons. The Balaban J connectivity index is 2.69. The van der Waals surface area contributed by atoms with Gasteiger partial charge in [0.15, 0.2) is 0 Å². The van der Waals surface area contributed by atoms with Gasteiger partial charge in [-0.3, -0.25) is 5.10 Å². The maximum absolute atomic E-state index is 6.07. The molecule has 0 saturated heterocycles. The topological polar surface area (TPSA) is 54.7 Å². The van der Waals surface area contributed by atoms with Crippen molar-refractivity contribution >= 4 is 29.0 Å². The molecule has 1 heterocycles. The fourth-order valence-electron chi connectivity index (χ4n) is 1.39. The van der Waals surface area contributed by atoms with Crippen molar-refractivity contribution < 1.29 is 0 Å². The van der Waals surface area contributed by atoms with E-state index >= 15 is 0 Å². The lowest BCUT2D eigenvalue weighted by molar-refractivity contribution is 1.10. The first kappa shape index (κ1) is 10.3. The molecule has 2 rings (SSSR count). The van der Waals surface area contributed by atoms with Gasteiger partial charge in [0.2, 0.25) is 0 Å². The lowest BCUT2D eigenvalue weighted by Gasteiger charge is -2.05. The van der Waals surface area contributed by atoms with Gasteiger partial charge in [0, 0.05) is 11.1 Å². The van der Waals surface area contributed by atoms with E-state index in [9.17, 15) is 0 Å². The molecule has 0 saturated carbocycles. The van der Waals surface area contributed by atoms with Crippen molar-refractivity contribution in [2.24, 2.45) is 0 Å². The molecule has 15 heavy (non-hydrogen) atoms. The van der Waals surface area contributed by atoms with Gasteiger partial charge in [0.25, 0.3) is 0 Å². The Morgan fingerprint density at radius 3 is 2.33 bits per heavy atom. The monoisotopic (exact) mass is 241 g/mol. The average molecular weight is 242 g/mol. The van der Waals surface area contributed by atoms with Crippen molar-refractivity contribution in [1.82, 2.24) is 10.2 Å². The third-order valence-corrected chi connectivity index (χ3v) is 2.89. The zero-order chi connectivity index (χ0) is 11.0. The van der Waals surface area contributed by atoms with Gasteiger partial charge in [-0.1, -0.05) is 29.3 Å². The van der Waals surface area contributed by atoms with E-state index < -0.39 is 0 Å². The SMILES string of the molecule is Cc1c(N)n[nH]c1-c1c(Cl)cccc1Cl. The number of anilines is 1. The smallest absolute Gasteiger partial charge is 0.148 e. The molecular weight excluding hydrogens is 233 g/mol. The molecule has 0 amide bonds. The second kappa shape index (κ2) is 3.76. The van der Waals surface area contributed by atoms with Gasteiger partial charge in [-0.25, -0.2) is 0 Å². The number of halogens is 2. The summed E-state index contributed by atoms with van der Waals surface area (Å²) in [6, 6.07) is 5.35. The molecule has 0 fully saturated rings. The van der Waals surface area contributed by atoms with E-state index in [-0.39, 0.29) is 0 Å². The highest BCUT2D eigenvalue weighted by Crippen LogP contribution is 2.36. The summed E-state index contributed by atoms with van der Waals surface area (Å²) in [6.45, 7) is 1.87. The van der Waals surface area contributed by atoms with Crippen LogP contribution in [0.4, 0.5) is 5.82 Å². The van der Waals surface area contributed by atoms with Gasteiger partial charge < -0.3 is 5.73 Å². The summed E-state index contributed by atoms with van der Waals surface area (Å²) in [5.41, 5.74) is 8.01. The van der Waals surface area contributed by atoms with E-state index in [4.69, 9.17) is 28.9 Å². The van der Waals surface area contributed by atoms with Crippen LogP contribution in [0.1, 0.15) is 5.56 Å². The molecule has 3 N–H and O–H groups in total. The minimum absolute atomic E-state index is 0.459. The molecule has 1 aromatic carbocycles. The Morgan fingerprint density at radius 1 is 1.27 bits per heavy atom. The number of aromatic amines is 1. The van der Waals surface area contributed by atoms with Gasteiger partial charge >= 0.3 is 0 Å². The Bertz CT molecular complexity index is 485. The zero-order valence-electron chi connectivity index (χ0n) is 8.01. The molecular formula is C10H9Cl2N3. The summed E-state index contributed by atoms with van der Waals surface area (Å²) in [4.78, 5) is 0. The lowest BCUT2D eigenvalue weighted by atomic mass is 10.1. The van der Waals surface area contributed by atoms with Crippen molar-refractivity contribution in [1.29, 1.82) is 0 Å². The highest BCUT2D eigenvalue weighted by Gasteiger charge is 2.14. The number of benzene rings is 1. The third-order valence-electron chi connectivity index (χ3n) is 2.26. The number of nitrogen functional groups attached to an aromatic ring is 1. The second-order valence-corrected chi connectivity index (χ2v) is 4.02. The maximum atomic E-state index is 6.07.